The van der Waals surface area contributed by atoms with E-state index in [1.54, 1.807) is 28.9 Å². The van der Waals surface area contributed by atoms with Gasteiger partial charge in [-0.2, -0.15) is 10.4 Å². The lowest BCUT2D eigenvalue weighted by Gasteiger charge is -2.10. The van der Waals surface area contributed by atoms with Crippen LogP contribution in [0.1, 0.15) is 34.2 Å². The second-order valence-electron chi connectivity index (χ2n) is 5.64. The van der Waals surface area contributed by atoms with Crippen molar-refractivity contribution < 1.29 is 9.53 Å². The summed E-state index contributed by atoms with van der Waals surface area (Å²) in [6.07, 6.45) is 0. The molecule has 0 amide bonds. The van der Waals surface area contributed by atoms with Crippen molar-refractivity contribution in [3.8, 4) is 17.5 Å². The molecule has 0 saturated heterocycles. The number of nitriles is 1. The largest absolute Gasteiger partial charge is 0.487 e. The summed E-state index contributed by atoms with van der Waals surface area (Å²) in [4.78, 5) is 11.3. The van der Waals surface area contributed by atoms with E-state index in [-0.39, 0.29) is 12.4 Å². The monoisotopic (exact) mass is 331 g/mol. The highest BCUT2D eigenvalue weighted by atomic mass is 16.5. The summed E-state index contributed by atoms with van der Waals surface area (Å²) in [6.45, 7) is 3.54. The summed E-state index contributed by atoms with van der Waals surface area (Å²) in [5.74, 6) is 0.642. The normalized spacial score (nSPS) is 10.3. The number of ketones is 1. The van der Waals surface area contributed by atoms with Crippen LogP contribution in [0.3, 0.4) is 0 Å². The molecule has 1 aromatic heterocycles. The van der Waals surface area contributed by atoms with Crippen molar-refractivity contribution in [3.05, 3.63) is 77.1 Å². The van der Waals surface area contributed by atoms with Crippen LogP contribution in [0.2, 0.25) is 0 Å². The Morgan fingerprint density at radius 3 is 2.44 bits per heavy atom. The Hall–Kier alpha value is -3.39. The molecule has 3 aromatic rings. The van der Waals surface area contributed by atoms with E-state index in [1.807, 2.05) is 37.3 Å². The van der Waals surface area contributed by atoms with Gasteiger partial charge in [0, 0.05) is 5.56 Å². The van der Waals surface area contributed by atoms with Gasteiger partial charge in [0.15, 0.2) is 5.78 Å². The number of aryl methyl sites for hydroxylation is 1. The molecule has 3 rings (SSSR count). The van der Waals surface area contributed by atoms with Crippen LogP contribution in [-0.2, 0) is 6.61 Å². The van der Waals surface area contributed by atoms with Gasteiger partial charge >= 0.3 is 0 Å². The smallest absolute Gasteiger partial charge is 0.159 e. The second-order valence-corrected chi connectivity index (χ2v) is 5.64. The molecule has 0 bridgehead atoms. The average Bonchev–Trinajstić information content (AvgIpc) is 2.96. The Morgan fingerprint density at radius 2 is 1.84 bits per heavy atom. The van der Waals surface area contributed by atoms with E-state index < -0.39 is 0 Å². The molecule has 0 radical (unpaired) electrons. The molecule has 0 unspecified atom stereocenters. The Kier molecular flexibility index (Phi) is 4.62. The Labute approximate surface area is 146 Å². The van der Waals surface area contributed by atoms with Crippen molar-refractivity contribution >= 4 is 5.78 Å². The van der Waals surface area contributed by atoms with Gasteiger partial charge in [0.05, 0.1) is 17.1 Å². The molecule has 0 saturated carbocycles. The molecule has 5 nitrogen and oxygen atoms in total. The van der Waals surface area contributed by atoms with Gasteiger partial charge in [0.25, 0.3) is 0 Å². The van der Waals surface area contributed by atoms with Crippen LogP contribution in [0.15, 0.2) is 54.6 Å². The van der Waals surface area contributed by atoms with Crippen LogP contribution in [0.4, 0.5) is 0 Å². The molecule has 0 aliphatic heterocycles. The van der Waals surface area contributed by atoms with Crippen molar-refractivity contribution in [3.63, 3.8) is 0 Å². The number of carbonyl (C=O) groups is 1. The number of hydrogen-bond acceptors (Lipinski definition) is 4. The number of benzene rings is 2. The fourth-order valence-electron chi connectivity index (χ4n) is 2.57. The minimum absolute atomic E-state index is 0.0103. The van der Waals surface area contributed by atoms with Crippen LogP contribution >= 0.6 is 0 Å². The zero-order chi connectivity index (χ0) is 17.8. The average molecular weight is 331 g/mol. The SMILES string of the molecule is CC(=O)c1ccc(OCc2c(C#N)c(C)nn2-c2ccccc2)cc1. The molecule has 25 heavy (non-hydrogen) atoms. The molecular formula is C20H17N3O2. The predicted molar refractivity (Wildman–Crippen MR) is 93.8 cm³/mol. The summed E-state index contributed by atoms with van der Waals surface area (Å²) in [6, 6.07) is 18.8. The number of aromatic nitrogens is 2. The minimum atomic E-state index is 0.0103. The highest BCUT2D eigenvalue weighted by Crippen LogP contribution is 2.21. The van der Waals surface area contributed by atoms with Gasteiger partial charge in [-0.3, -0.25) is 4.79 Å². The van der Waals surface area contributed by atoms with Gasteiger partial charge in [0.1, 0.15) is 24.0 Å². The van der Waals surface area contributed by atoms with Crippen LogP contribution in [-0.4, -0.2) is 15.6 Å². The third kappa shape index (κ3) is 3.43. The summed E-state index contributed by atoms with van der Waals surface area (Å²) in [5, 5.41) is 13.9. The lowest BCUT2D eigenvalue weighted by atomic mass is 10.1. The topological polar surface area (TPSA) is 67.9 Å². The van der Waals surface area contributed by atoms with Crippen molar-refractivity contribution in [1.29, 1.82) is 5.26 Å². The molecule has 124 valence electrons. The first-order valence-electron chi connectivity index (χ1n) is 7.88. The maximum atomic E-state index is 11.3. The maximum Gasteiger partial charge on any atom is 0.159 e. The van der Waals surface area contributed by atoms with Crippen molar-refractivity contribution in [2.45, 2.75) is 20.5 Å². The van der Waals surface area contributed by atoms with Crippen molar-refractivity contribution in [1.82, 2.24) is 9.78 Å². The Balaban J connectivity index is 1.89. The highest BCUT2D eigenvalue weighted by Gasteiger charge is 2.17. The van der Waals surface area contributed by atoms with E-state index >= 15 is 0 Å². The number of ether oxygens (including phenoxy) is 1. The van der Waals surface area contributed by atoms with E-state index in [0.29, 0.717) is 28.3 Å². The zero-order valence-electron chi connectivity index (χ0n) is 14.1. The lowest BCUT2D eigenvalue weighted by molar-refractivity contribution is 0.101. The van der Waals surface area contributed by atoms with E-state index in [1.165, 1.54) is 6.92 Å². The maximum absolute atomic E-state index is 11.3. The molecule has 0 spiro atoms. The Morgan fingerprint density at radius 1 is 1.16 bits per heavy atom. The van der Waals surface area contributed by atoms with Gasteiger partial charge in [-0.15, -0.1) is 0 Å². The van der Waals surface area contributed by atoms with E-state index in [9.17, 15) is 10.1 Å². The molecule has 2 aromatic carbocycles. The first kappa shape index (κ1) is 16.5. The first-order chi connectivity index (χ1) is 12.1. The van der Waals surface area contributed by atoms with Crippen LogP contribution in [0, 0.1) is 18.3 Å². The quantitative estimate of drug-likeness (QED) is 0.666. The van der Waals surface area contributed by atoms with Crippen LogP contribution in [0.5, 0.6) is 5.75 Å². The summed E-state index contributed by atoms with van der Waals surface area (Å²) in [7, 11) is 0. The standard InChI is InChI=1S/C20H17N3O2/c1-14-19(12-21)20(23(22-14)17-6-4-3-5-7-17)13-25-18-10-8-16(9-11-18)15(2)24/h3-11H,13H2,1-2H3. The summed E-state index contributed by atoms with van der Waals surface area (Å²) < 4.78 is 7.56. The zero-order valence-corrected chi connectivity index (χ0v) is 14.1. The second kappa shape index (κ2) is 7.02. The summed E-state index contributed by atoms with van der Waals surface area (Å²) >= 11 is 0. The number of para-hydroxylation sites is 1. The fraction of sp³-hybridized carbons (Fsp3) is 0.150. The number of rotatable bonds is 5. The molecule has 0 fully saturated rings. The molecular weight excluding hydrogens is 314 g/mol. The molecule has 1 heterocycles. The molecule has 0 aliphatic rings. The van der Waals surface area contributed by atoms with Crippen LogP contribution < -0.4 is 4.74 Å². The van der Waals surface area contributed by atoms with E-state index in [0.717, 1.165) is 5.69 Å². The number of nitrogens with zero attached hydrogens (tertiary/aromatic N) is 3. The third-order valence-electron chi connectivity index (χ3n) is 3.91. The van der Waals surface area contributed by atoms with Crippen molar-refractivity contribution in [2.75, 3.05) is 0 Å². The van der Waals surface area contributed by atoms with Gasteiger partial charge in [-0.1, -0.05) is 18.2 Å². The minimum Gasteiger partial charge on any atom is -0.487 e. The number of hydrogen-bond donors (Lipinski definition) is 0. The first-order valence-corrected chi connectivity index (χ1v) is 7.88. The van der Waals surface area contributed by atoms with Gasteiger partial charge in [-0.25, -0.2) is 4.68 Å². The molecule has 0 aliphatic carbocycles. The summed E-state index contributed by atoms with van der Waals surface area (Å²) in [5.41, 5.74) is 3.38. The number of carbonyl (C=O) groups excluding carboxylic acids is 1. The fourth-order valence-corrected chi connectivity index (χ4v) is 2.57. The molecule has 0 atom stereocenters. The third-order valence-corrected chi connectivity index (χ3v) is 3.91. The lowest BCUT2D eigenvalue weighted by Crippen LogP contribution is -2.07. The molecule has 5 heteroatoms. The van der Waals surface area contributed by atoms with E-state index in [2.05, 4.69) is 11.2 Å². The van der Waals surface area contributed by atoms with Gasteiger partial charge in [-0.05, 0) is 50.2 Å². The number of Topliss-reactive ketones (excluding diaryl/α,β-unsaturated/α-hetero) is 1. The predicted octanol–water partition coefficient (Wildman–Crippen LogP) is 3.83. The molecule has 0 N–H and O–H groups in total. The van der Waals surface area contributed by atoms with Crippen molar-refractivity contribution in [2.24, 2.45) is 0 Å². The highest BCUT2D eigenvalue weighted by molar-refractivity contribution is 5.94. The van der Waals surface area contributed by atoms with Crippen LogP contribution in [0.25, 0.3) is 5.69 Å². The van der Waals surface area contributed by atoms with E-state index in [4.69, 9.17) is 4.74 Å². The van der Waals surface area contributed by atoms with Gasteiger partial charge < -0.3 is 4.74 Å². The Bertz CT molecular complexity index is 936. The van der Waals surface area contributed by atoms with Gasteiger partial charge in [0.2, 0.25) is 0 Å².